The van der Waals surface area contributed by atoms with E-state index in [0.29, 0.717) is 12.3 Å². The number of pyridine rings is 1. The van der Waals surface area contributed by atoms with Gasteiger partial charge in [0.05, 0.1) is 11.6 Å². The molecule has 6 nitrogen and oxygen atoms in total. The number of hydrogen-bond donors (Lipinski definition) is 1. The molecule has 2 atom stereocenters. The Hall–Kier alpha value is -2.28. The van der Waals surface area contributed by atoms with Crippen molar-refractivity contribution >= 4 is 36.0 Å². The van der Waals surface area contributed by atoms with Gasteiger partial charge in [0.15, 0.2) is 11.0 Å². The van der Waals surface area contributed by atoms with Crippen molar-refractivity contribution in [3.05, 3.63) is 34.2 Å². The van der Waals surface area contributed by atoms with Gasteiger partial charge in [0.1, 0.15) is 5.82 Å². The summed E-state index contributed by atoms with van der Waals surface area (Å²) in [4.78, 5) is 33.4. The molecule has 0 bridgehead atoms. The minimum absolute atomic E-state index is 0.0107. The number of carbonyl (C=O) groups excluding carboxylic acids is 2. The highest BCUT2D eigenvalue weighted by Gasteiger charge is 2.24. The van der Waals surface area contributed by atoms with Gasteiger partial charge in [-0.3, -0.25) is 19.5 Å². The van der Waals surface area contributed by atoms with Gasteiger partial charge < -0.3 is 5.32 Å². The summed E-state index contributed by atoms with van der Waals surface area (Å²) in [6.45, 7) is 9.79. The van der Waals surface area contributed by atoms with Crippen LogP contribution in [0.2, 0.25) is 5.15 Å². The first-order valence-electron chi connectivity index (χ1n) is 8.65. The van der Waals surface area contributed by atoms with Crippen LogP contribution in [0.4, 0.5) is 10.2 Å². The lowest BCUT2D eigenvalue weighted by Crippen LogP contribution is -2.36. The lowest BCUT2D eigenvalue weighted by atomic mass is 10.1. The molecule has 1 N–H and O–H groups in total. The maximum atomic E-state index is 13.8. The van der Waals surface area contributed by atoms with E-state index >= 15 is 0 Å². The first-order chi connectivity index (χ1) is 12.6. The van der Waals surface area contributed by atoms with Gasteiger partial charge in [-0.15, -0.1) is 0 Å². The quantitative estimate of drug-likeness (QED) is 0.414. The van der Waals surface area contributed by atoms with Crippen molar-refractivity contribution in [2.24, 2.45) is 10.9 Å². The standard InChI is InChI=1S/C19H26ClFN4O2/c1-11(2)13(4)23-8-7-12(3)14(5)25(10-26)18-15(19(27)22-6)9-16(21)17(20)24-18/h7-11,13-14H,1-6H3,(H,22,27)/b12-7-,23-8-. The molecule has 2 amide bonds. The van der Waals surface area contributed by atoms with E-state index in [4.69, 9.17) is 11.6 Å². The predicted molar refractivity (Wildman–Crippen MR) is 107 cm³/mol. The molecule has 0 spiro atoms. The highest BCUT2D eigenvalue weighted by molar-refractivity contribution is 6.29. The van der Waals surface area contributed by atoms with E-state index in [1.807, 2.05) is 13.8 Å². The molecule has 27 heavy (non-hydrogen) atoms. The Kier molecular flexibility index (Phi) is 8.56. The van der Waals surface area contributed by atoms with Crippen molar-refractivity contribution in [1.82, 2.24) is 10.3 Å². The van der Waals surface area contributed by atoms with E-state index in [2.05, 4.69) is 29.1 Å². The summed E-state index contributed by atoms with van der Waals surface area (Å²) < 4.78 is 13.8. The molecule has 1 aromatic heterocycles. The number of halogens is 2. The number of rotatable bonds is 8. The average molecular weight is 397 g/mol. The van der Waals surface area contributed by atoms with Gasteiger partial charge in [-0.2, -0.15) is 0 Å². The van der Waals surface area contributed by atoms with Crippen molar-refractivity contribution in [2.75, 3.05) is 11.9 Å². The molecule has 1 aromatic rings. The highest BCUT2D eigenvalue weighted by atomic mass is 35.5. The molecule has 8 heteroatoms. The highest BCUT2D eigenvalue weighted by Crippen LogP contribution is 2.26. The first kappa shape index (κ1) is 22.8. The molecule has 0 saturated carbocycles. The van der Waals surface area contributed by atoms with Crippen LogP contribution in [0.3, 0.4) is 0 Å². The van der Waals surface area contributed by atoms with Crippen molar-refractivity contribution in [3.63, 3.8) is 0 Å². The number of carbonyl (C=O) groups is 2. The van der Waals surface area contributed by atoms with Gasteiger partial charge in [0, 0.05) is 19.3 Å². The molecule has 2 unspecified atom stereocenters. The van der Waals surface area contributed by atoms with Crippen molar-refractivity contribution in [1.29, 1.82) is 0 Å². The average Bonchev–Trinajstić information content (AvgIpc) is 2.63. The van der Waals surface area contributed by atoms with Crippen LogP contribution < -0.4 is 10.2 Å². The number of allylic oxidation sites excluding steroid dienone is 1. The van der Waals surface area contributed by atoms with Crippen LogP contribution in [0.5, 0.6) is 0 Å². The molecule has 0 fully saturated rings. The van der Waals surface area contributed by atoms with Crippen LogP contribution in [-0.4, -0.2) is 42.6 Å². The van der Waals surface area contributed by atoms with Crippen LogP contribution in [-0.2, 0) is 4.79 Å². The summed E-state index contributed by atoms with van der Waals surface area (Å²) in [5.74, 6) is -0.997. The first-order valence-corrected chi connectivity index (χ1v) is 9.03. The van der Waals surface area contributed by atoms with Gasteiger partial charge in [-0.25, -0.2) is 9.37 Å². The van der Waals surface area contributed by atoms with Crippen LogP contribution in [0.15, 0.2) is 22.7 Å². The van der Waals surface area contributed by atoms with Gasteiger partial charge in [0.25, 0.3) is 5.91 Å². The molecule has 148 valence electrons. The largest absolute Gasteiger partial charge is 0.355 e. The zero-order valence-electron chi connectivity index (χ0n) is 16.5. The molecule has 1 rings (SSSR count). The molecule has 0 aliphatic carbocycles. The normalized spacial score (nSPS) is 14.3. The molecule has 0 saturated heterocycles. The Morgan fingerprint density at radius 3 is 2.52 bits per heavy atom. The Morgan fingerprint density at radius 2 is 2.00 bits per heavy atom. The third-order valence-corrected chi connectivity index (χ3v) is 4.71. The lowest BCUT2D eigenvalue weighted by Gasteiger charge is -2.26. The van der Waals surface area contributed by atoms with E-state index in [1.165, 1.54) is 11.9 Å². The summed E-state index contributed by atoms with van der Waals surface area (Å²) >= 11 is 5.77. The van der Waals surface area contributed by atoms with E-state index in [9.17, 15) is 14.0 Å². The van der Waals surface area contributed by atoms with Gasteiger partial charge in [-0.1, -0.05) is 25.4 Å². The van der Waals surface area contributed by atoms with Crippen LogP contribution in [0.1, 0.15) is 45.0 Å². The third-order valence-electron chi connectivity index (χ3n) is 4.44. The fraction of sp³-hybridized carbons (Fsp3) is 0.474. The van der Waals surface area contributed by atoms with E-state index in [-0.39, 0.29) is 17.4 Å². The van der Waals surface area contributed by atoms with Crippen molar-refractivity contribution in [3.8, 4) is 0 Å². The summed E-state index contributed by atoms with van der Waals surface area (Å²) in [5.41, 5.74) is 0.736. The maximum absolute atomic E-state index is 13.8. The Bertz CT molecular complexity index is 749. The van der Waals surface area contributed by atoms with E-state index < -0.39 is 22.9 Å². The van der Waals surface area contributed by atoms with Crippen LogP contribution >= 0.6 is 11.6 Å². The second-order valence-corrected chi connectivity index (χ2v) is 6.95. The molecular weight excluding hydrogens is 371 g/mol. The second-order valence-electron chi connectivity index (χ2n) is 6.59. The number of nitrogens with zero attached hydrogens (tertiary/aromatic N) is 3. The molecule has 0 aliphatic rings. The Morgan fingerprint density at radius 1 is 1.37 bits per heavy atom. The number of hydrogen-bond acceptors (Lipinski definition) is 4. The number of aromatic nitrogens is 1. The van der Waals surface area contributed by atoms with Crippen LogP contribution in [0.25, 0.3) is 0 Å². The Labute approximate surface area is 164 Å². The zero-order valence-corrected chi connectivity index (χ0v) is 17.2. The number of amides is 2. The fourth-order valence-corrected chi connectivity index (χ4v) is 2.24. The SMILES string of the molecule is CNC(=O)c1cc(F)c(Cl)nc1N(C=O)C(C)/C(C)=C\C=N/C(C)C(C)C. The summed E-state index contributed by atoms with van der Waals surface area (Å²) in [6.07, 6.45) is 4.04. The van der Waals surface area contributed by atoms with Crippen molar-refractivity contribution in [2.45, 2.75) is 46.7 Å². The summed E-state index contributed by atoms with van der Waals surface area (Å²) in [6, 6.07) is 0.696. The summed E-state index contributed by atoms with van der Waals surface area (Å²) in [7, 11) is 1.41. The molecule has 0 aromatic carbocycles. The van der Waals surface area contributed by atoms with Gasteiger partial charge in [-0.05, 0) is 44.4 Å². The van der Waals surface area contributed by atoms with E-state index in [1.54, 1.807) is 19.2 Å². The fourth-order valence-electron chi connectivity index (χ4n) is 2.11. The van der Waals surface area contributed by atoms with Gasteiger partial charge >= 0.3 is 0 Å². The number of anilines is 1. The zero-order chi connectivity index (χ0) is 20.7. The monoisotopic (exact) mass is 396 g/mol. The van der Waals surface area contributed by atoms with Crippen molar-refractivity contribution < 1.29 is 14.0 Å². The smallest absolute Gasteiger partial charge is 0.254 e. The predicted octanol–water partition coefficient (Wildman–Crippen LogP) is 3.65. The van der Waals surface area contributed by atoms with Crippen LogP contribution in [0, 0.1) is 11.7 Å². The molecule has 0 aliphatic heterocycles. The van der Waals surface area contributed by atoms with Gasteiger partial charge in [0.2, 0.25) is 6.41 Å². The minimum atomic E-state index is -0.834. The topological polar surface area (TPSA) is 74.7 Å². The summed E-state index contributed by atoms with van der Waals surface area (Å²) in [5, 5.41) is 1.99. The second kappa shape index (κ2) is 10.2. The molecule has 1 heterocycles. The number of aliphatic imine (C=N–C) groups is 1. The Balaban J connectivity index is 3.25. The van der Waals surface area contributed by atoms with E-state index in [0.717, 1.165) is 11.6 Å². The third kappa shape index (κ3) is 5.85. The molecular formula is C19H26ClFN4O2. The minimum Gasteiger partial charge on any atom is -0.355 e. The molecule has 0 radical (unpaired) electrons. The number of nitrogens with one attached hydrogen (secondary N) is 1. The maximum Gasteiger partial charge on any atom is 0.254 e. The lowest BCUT2D eigenvalue weighted by molar-refractivity contribution is -0.107.